The number of carbonyl (C=O) groups excluding carboxylic acids is 2. The first-order valence-electron chi connectivity index (χ1n) is 5.72. The molecule has 98 valence electrons. The third-order valence-corrected chi connectivity index (χ3v) is 2.33. The maximum Gasteiger partial charge on any atom is 0.325 e. The Hall–Kier alpha value is -2.11. The van der Waals surface area contributed by atoms with Gasteiger partial charge in [0, 0.05) is 18.8 Å². The predicted octanol–water partition coefficient (Wildman–Crippen LogP) is 0.400. The number of nitrogens with one attached hydrogen (secondary N) is 1. The number of nitrogens with zero attached hydrogens (tertiary/aromatic N) is 1. The molecule has 0 spiro atoms. The Balaban J connectivity index is 2.76. The maximum atomic E-state index is 12.0. The average molecular weight is 252 g/mol. The smallest absolute Gasteiger partial charge is 0.325 e. The van der Waals surface area contributed by atoms with Crippen LogP contribution in [-0.2, 0) is 9.53 Å². The molecule has 1 rings (SSSR count). The first-order chi connectivity index (χ1) is 8.58. The molecule has 18 heavy (non-hydrogen) atoms. The molecule has 0 aromatic carbocycles. The van der Waals surface area contributed by atoms with E-state index in [1.165, 1.54) is 23.2 Å². The molecule has 0 bridgehead atoms. The molecular weight excluding hydrogens is 236 g/mol. The van der Waals surface area contributed by atoms with Gasteiger partial charge in [-0.05, 0) is 19.9 Å². The van der Waals surface area contributed by atoms with E-state index < -0.39 is 5.97 Å². The first-order valence-corrected chi connectivity index (χ1v) is 5.72. The molecule has 0 saturated heterocycles. The molecule has 6 heteroatoms. The summed E-state index contributed by atoms with van der Waals surface area (Å²) in [6.45, 7) is 4.04. The van der Waals surface area contributed by atoms with Gasteiger partial charge < -0.3 is 14.6 Å². The van der Waals surface area contributed by atoms with Crippen LogP contribution in [-0.4, -0.2) is 41.5 Å². The SMILES string of the molecule is CCOC(=O)CN(CC)C(=O)c1ccc(=O)[nH]c1. The molecular formula is C12H16N2O4. The fourth-order valence-electron chi connectivity index (χ4n) is 1.42. The minimum atomic E-state index is -0.447. The van der Waals surface area contributed by atoms with Gasteiger partial charge in [0.25, 0.3) is 5.91 Å². The highest BCUT2D eigenvalue weighted by Gasteiger charge is 2.17. The molecule has 0 unspecified atom stereocenters. The fraction of sp³-hybridized carbons (Fsp3) is 0.417. The molecule has 0 saturated carbocycles. The lowest BCUT2D eigenvalue weighted by Crippen LogP contribution is -2.36. The fourth-order valence-corrected chi connectivity index (χ4v) is 1.42. The number of esters is 1. The van der Waals surface area contributed by atoms with E-state index in [9.17, 15) is 14.4 Å². The predicted molar refractivity (Wildman–Crippen MR) is 65.3 cm³/mol. The summed E-state index contributed by atoms with van der Waals surface area (Å²) in [5.74, 6) is -0.765. The van der Waals surface area contributed by atoms with Crippen LogP contribution in [0, 0.1) is 0 Å². The second-order valence-electron chi connectivity index (χ2n) is 3.57. The summed E-state index contributed by atoms with van der Waals surface area (Å²) in [5, 5.41) is 0. The van der Waals surface area contributed by atoms with E-state index in [1.807, 2.05) is 0 Å². The Morgan fingerprint density at radius 1 is 1.33 bits per heavy atom. The van der Waals surface area contributed by atoms with Crippen LogP contribution in [0.25, 0.3) is 0 Å². The minimum Gasteiger partial charge on any atom is -0.465 e. The summed E-state index contributed by atoms with van der Waals surface area (Å²) in [4.78, 5) is 38.0. The van der Waals surface area contributed by atoms with Gasteiger partial charge in [-0.25, -0.2) is 0 Å². The third-order valence-electron chi connectivity index (χ3n) is 2.33. The van der Waals surface area contributed by atoms with Crippen molar-refractivity contribution in [1.29, 1.82) is 0 Å². The van der Waals surface area contributed by atoms with Gasteiger partial charge in [-0.2, -0.15) is 0 Å². The summed E-state index contributed by atoms with van der Waals surface area (Å²) in [6.07, 6.45) is 1.33. The zero-order chi connectivity index (χ0) is 13.5. The molecule has 1 aromatic rings. The van der Waals surface area contributed by atoms with Gasteiger partial charge in [0.05, 0.1) is 12.2 Å². The van der Waals surface area contributed by atoms with Crippen LogP contribution in [0.3, 0.4) is 0 Å². The molecule has 1 aromatic heterocycles. The second kappa shape index (κ2) is 6.58. The number of carbonyl (C=O) groups is 2. The van der Waals surface area contributed by atoms with Gasteiger partial charge in [-0.15, -0.1) is 0 Å². The average Bonchev–Trinajstić information content (AvgIpc) is 2.36. The van der Waals surface area contributed by atoms with Crippen molar-refractivity contribution in [3.8, 4) is 0 Å². The van der Waals surface area contributed by atoms with Gasteiger partial charge in [0.2, 0.25) is 5.56 Å². The van der Waals surface area contributed by atoms with Crippen LogP contribution < -0.4 is 5.56 Å². The zero-order valence-corrected chi connectivity index (χ0v) is 10.4. The van der Waals surface area contributed by atoms with Crippen LogP contribution in [0.5, 0.6) is 0 Å². The Bertz CT molecular complexity index is 461. The summed E-state index contributed by atoms with van der Waals surface area (Å²) in [7, 11) is 0. The number of H-pyrrole nitrogens is 1. The lowest BCUT2D eigenvalue weighted by atomic mass is 10.2. The molecule has 6 nitrogen and oxygen atoms in total. The van der Waals surface area contributed by atoms with Gasteiger partial charge in [0.1, 0.15) is 6.54 Å². The Morgan fingerprint density at radius 3 is 2.56 bits per heavy atom. The maximum absolute atomic E-state index is 12.0. The molecule has 0 fully saturated rings. The number of hydrogen-bond acceptors (Lipinski definition) is 4. The van der Waals surface area contributed by atoms with Crippen LogP contribution in [0.2, 0.25) is 0 Å². The van der Waals surface area contributed by atoms with E-state index in [4.69, 9.17) is 4.74 Å². The van der Waals surface area contributed by atoms with Crippen molar-refractivity contribution in [2.75, 3.05) is 19.7 Å². The van der Waals surface area contributed by atoms with Crippen molar-refractivity contribution in [2.45, 2.75) is 13.8 Å². The quantitative estimate of drug-likeness (QED) is 0.769. The summed E-state index contributed by atoms with van der Waals surface area (Å²) < 4.78 is 4.79. The number of ether oxygens (including phenoxy) is 1. The topological polar surface area (TPSA) is 79.5 Å². The molecule has 0 atom stereocenters. The largest absolute Gasteiger partial charge is 0.465 e. The van der Waals surface area contributed by atoms with Gasteiger partial charge in [-0.3, -0.25) is 14.4 Å². The highest BCUT2D eigenvalue weighted by Crippen LogP contribution is 2.02. The monoisotopic (exact) mass is 252 g/mol. The molecule has 1 N–H and O–H groups in total. The zero-order valence-electron chi connectivity index (χ0n) is 10.4. The Morgan fingerprint density at radius 2 is 2.06 bits per heavy atom. The highest BCUT2D eigenvalue weighted by atomic mass is 16.5. The van der Waals surface area contributed by atoms with Crippen molar-refractivity contribution >= 4 is 11.9 Å². The van der Waals surface area contributed by atoms with E-state index >= 15 is 0 Å². The van der Waals surface area contributed by atoms with Crippen molar-refractivity contribution < 1.29 is 14.3 Å². The summed E-state index contributed by atoms with van der Waals surface area (Å²) in [5.41, 5.74) is 0.0562. The minimum absolute atomic E-state index is 0.0949. The molecule has 0 aliphatic rings. The van der Waals surface area contributed by atoms with E-state index in [0.717, 1.165) is 0 Å². The molecule has 0 aliphatic heterocycles. The highest BCUT2D eigenvalue weighted by molar-refractivity contribution is 5.95. The van der Waals surface area contributed by atoms with Crippen LogP contribution in [0.1, 0.15) is 24.2 Å². The first kappa shape index (κ1) is 14.0. The van der Waals surface area contributed by atoms with Crippen molar-refractivity contribution in [2.24, 2.45) is 0 Å². The molecule has 1 heterocycles. The number of aromatic nitrogens is 1. The Kier molecular flexibility index (Phi) is 5.10. The number of rotatable bonds is 5. The van der Waals surface area contributed by atoms with Crippen LogP contribution >= 0.6 is 0 Å². The standard InChI is InChI=1S/C12H16N2O4/c1-3-14(8-11(16)18-4-2)12(17)9-5-6-10(15)13-7-9/h5-7H,3-4,8H2,1-2H3,(H,13,15). The molecule has 1 amide bonds. The van der Waals surface area contributed by atoms with Gasteiger partial charge in [0.15, 0.2) is 0 Å². The van der Waals surface area contributed by atoms with Crippen LogP contribution in [0.4, 0.5) is 0 Å². The third kappa shape index (κ3) is 3.73. The summed E-state index contributed by atoms with van der Waals surface area (Å²) in [6, 6.07) is 2.69. The van der Waals surface area contributed by atoms with E-state index in [1.54, 1.807) is 13.8 Å². The van der Waals surface area contributed by atoms with Crippen molar-refractivity contribution in [1.82, 2.24) is 9.88 Å². The van der Waals surface area contributed by atoms with Gasteiger partial charge >= 0.3 is 5.97 Å². The van der Waals surface area contributed by atoms with Crippen molar-refractivity contribution in [3.05, 3.63) is 34.2 Å². The van der Waals surface area contributed by atoms with Crippen molar-refractivity contribution in [3.63, 3.8) is 0 Å². The lowest BCUT2D eigenvalue weighted by molar-refractivity contribution is -0.143. The molecule has 0 aliphatic carbocycles. The number of hydrogen-bond donors (Lipinski definition) is 1. The lowest BCUT2D eigenvalue weighted by Gasteiger charge is -2.19. The van der Waals surface area contributed by atoms with E-state index in [0.29, 0.717) is 12.1 Å². The van der Waals surface area contributed by atoms with E-state index in [-0.39, 0.29) is 24.6 Å². The Labute approximate surface area is 105 Å². The number of aromatic amines is 1. The number of amides is 1. The second-order valence-corrected chi connectivity index (χ2v) is 3.57. The number of likely N-dealkylation sites (N-methyl/N-ethyl adjacent to an activating group) is 1. The summed E-state index contributed by atoms with van der Waals surface area (Å²) >= 11 is 0. The number of pyridine rings is 1. The van der Waals surface area contributed by atoms with E-state index in [2.05, 4.69) is 4.98 Å². The van der Waals surface area contributed by atoms with Gasteiger partial charge in [-0.1, -0.05) is 0 Å². The normalized spacial score (nSPS) is 9.89. The van der Waals surface area contributed by atoms with Crippen LogP contribution in [0.15, 0.2) is 23.1 Å². The molecule has 0 radical (unpaired) electrons.